The van der Waals surface area contributed by atoms with Gasteiger partial charge < -0.3 is 9.16 Å². The van der Waals surface area contributed by atoms with Gasteiger partial charge in [-0.3, -0.25) is 4.79 Å². The SMILES string of the molecule is CCOC(=O)C/C(=C\[P+](c1ccccc1)(c1ccccc1)c1ccccc1)O[Si](C)(C)C. The van der Waals surface area contributed by atoms with Gasteiger partial charge in [-0.15, -0.1) is 0 Å². The molecule has 0 aromatic heterocycles. The first-order valence-electron chi connectivity index (χ1n) is 11.0. The number of benzene rings is 3. The second-order valence-electron chi connectivity index (χ2n) is 8.52. The molecule has 0 saturated heterocycles. The molecule has 0 bridgehead atoms. The fourth-order valence-electron chi connectivity index (χ4n) is 3.73. The molecule has 0 saturated carbocycles. The lowest BCUT2D eigenvalue weighted by Crippen LogP contribution is -2.31. The molecular weight excluding hydrogens is 431 g/mol. The number of ether oxygens (including phenoxy) is 1. The monoisotopic (exact) mass is 463 g/mol. The third-order valence-corrected chi connectivity index (χ3v) is 9.78. The summed E-state index contributed by atoms with van der Waals surface area (Å²) in [5, 5.41) is 3.66. The Kier molecular flexibility index (Phi) is 8.06. The van der Waals surface area contributed by atoms with Gasteiger partial charge in [-0.1, -0.05) is 54.6 Å². The van der Waals surface area contributed by atoms with Crippen LogP contribution in [-0.4, -0.2) is 20.9 Å². The molecule has 0 aliphatic rings. The Morgan fingerprint density at radius 2 is 1.19 bits per heavy atom. The number of hydrogen-bond donors (Lipinski definition) is 0. The molecule has 3 nitrogen and oxygen atoms in total. The number of carbonyl (C=O) groups excluding carboxylic acids is 1. The maximum Gasteiger partial charge on any atom is 0.313 e. The fourth-order valence-corrected chi connectivity index (χ4v) is 8.59. The molecule has 0 heterocycles. The highest BCUT2D eigenvalue weighted by Gasteiger charge is 2.45. The summed E-state index contributed by atoms with van der Waals surface area (Å²) in [6.07, 6.45) is 0.131. The van der Waals surface area contributed by atoms with E-state index in [1.54, 1.807) is 0 Å². The van der Waals surface area contributed by atoms with E-state index >= 15 is 0 Å². The van der Waals surface area contributed by atoms with E-state index in [9.17, 15) is 4.79 Å². The van der Waals surface area contributed by atoms with Gasteiger partial charge in [0.25, 0.3) is 0 Å². The average molecular weight is 464 g/mol. The zero-order valence-corrected chi connectivity index (χ0v) is 21.2. The number of carbonyl (C=O) groups is 1. The van der Waals surface area contributed by atoms with Crippen molar-refractivity contribution in [1.29, 1.82) is 0 Å². The van der Waals surface area contributed by atoms with Gasteiger partial charge in [0, 0.05) is 0 Å². The lowest BCUT2D eigenvalue weighted by atomic mass is 10.3. The summed E-state index contributed by atoms with van der Waals surface area (Å²) in [6, 6.07) is 31.7. The molecule has 3 aromatic rings. The number of rotatable bonds is 9. The molecule has 5 heteroatoms. The van der Waals surface area contributed by atoms with Gasteiger partial charge in [-0.2, -0.15) is 0 Å². The van der Waals surface area contributed by atoms with Gasteiger partial charge in [0.2, 0.25) is 8.32 Å². The van der Waals surface area contributed by atoms with Crippen LogP contribution >= 0.6 is 7.26 Å². The van der Waals surface area contributed by atoms with E-state index in [0.29, 0.717) is 12.4 Å². The summed E-state index contributed by atoms with van der Waals surface area (Å²) in [6.45, 7) is 8.60. The molecular formula is C27H32O3PSi+. The largest absolute Gasteiger partial charge is 0.545 e. The third kappa shape index (κ3) is 5.97. The van der Waals surface area contributed by atoms with Crippen LogP contribution in [0.5, 0.6) is 0 Å². The summed E-state index contributed by atoms with van der Waals surface area (Å²) >= 11 is 0. The van der Waals surface area contributed by atoms with Crippen molar-refractivity contribution < 1.29 is 14.0 Å². The van der Waals surface area contributed by atoms with Crippen molar-refractivity contribution in [3.8, 4) is 0 Å². The van der Waals surface area contributed by atoms with Crippen LogP contribution in [0.2, 0.25) is 19.6 Å². The molecule has 0 radical (unpaired) electrons. The van der Waals surface area contributed by atoms with Crippen molar-refractivity contribution in [1.82, 2.24) is 0 Å². The van der Waals surface area contributed by atoms with Crippen LogP contribution in [-0.2, 0) is 14.0 Å². The highest BCUT2D eigenvalue weighted by molar-refractivity contribution is 7.98. The molecule has 0 spiro atoms. The molecule has 0 aliphatic heterocycles. The normalized spacial score (nSPS) is 12.3. The first-order valence-corrected chi connectivity index (χ1v) is 16.2. The molecule has 0 fully saturated rings. The second-order valence-corrected chi connectivity index (χ2v) is 16.2. The summed E-state index contributed by atoms with van der Waals surface area (Å²) < 4.78 is 11.8. The van der Waals surface area contributed by atoms with Gasteiger partial charge in [0.15, 0.2) is 0 Å². The summed E-state index contributed by atoms with van der Waals surface area (Å²) in [5.41, 5.74) is 0. The van der Waals surface area contributed by atoms with E-state index in [0.717, 1.165) is 0 Å². The van der Waals surface area contributed by atoms with E-state index in [4.69, 9.17) is 9.16 Å². The maximum atomic E-state index is 12.5. The Hall–Kier alpha value is -2.68. The Bertz CT molecular complexity index is 932. The predicted molar refractivity (Wildman–Crippen MR) is 139 cm³/mol. The van der Waals surface area contributed by atoms with Crippen molar-refractivity contribution in [2.75, 3.05) is 6.61 Å². The van der Waals surface area contributed by atoms with Crippen LogP contribution in [0.4, 0.5) is 0 Å². The van der Waals surface area contributed by atoms with Gasteiger partial charge in [0.05, 0.1) is 6.61 Å². The van der Waals surface area contributed by atoms with Crippen LogP contribution < -0.4 is 15.9 Å². The standard InChI is InChI=1S/C27H32O3PSi/c1-5-29-27(28)21-23(30-32(2,3)4)22-31(24-15-9-6-10-16-24,25-17-11-7-12-18-25)26-19-13-8-14-20-26/h6-20,22H,5,21H2,1-4H3/q+1/b23-22+. The van der Waals surface area contributed by atoms with Crippen LogP contribution in [0.15, 0.2) is 103 Å². The van der Waals surface area contributed by atoms with E-state index < -0.39 is 15.6 Å². The van der Waals surface area contributed by atoms with Gasteiger partial charge >= 0.3 is 5.97 Å². The van der Waals surface area contributed by atoms with E-state index in [1.165, 1.54) is 15.9 Å². The first-order chi connectivity index (χ1) is 15.3. The molecule has 3 rings (SSSR count). The van der Waals surface area contributed by atoms with Crippen molar-refractivity contribution in [3.63, 3.8) is 0 Å². The molecule has 0 atom stereocenters. The molecule has 3 aromatic carbocycles. The van der Waals surface area contributed by atoms with Crippen LogP contribution in [0.25, 0.3) is 0 Å². The van der Waals surface area contributed by atoms with E-state index in [-0.39, 0.29) is 12.4 Å². The number of hydrogen-bond acceptors (Lipinski definition) is 3. The lowest BCUT2D eigenvalue weighted by molar-refractivity contribution is -0.142. The first kappa shape index (κ1) is 24.0. The lowest BCUT2D eigenvalue weighted by Gasteiger charge is -2.27. The Labute approximate surface area is 193 Å². The van der Waals surface area contributed by atoms with Gasteiger partial charge in [0.1, 0.15) is 41.2 Å². The van der Waals surface area contributed by atoms with Crippen LogP contribution in [0, 0.1) is 0 Å². The van der Waals surface area contributed by atoms with Crippen molar-refractivity contribution in [2.45, 2.75) is 33.0 Å². The molecule has 0 amide bonds. The topological polar surface area (TPSA) is 35.5 Å². The average Bonchev–Trinajstić information content (AvgIpc) is 2.78. The minimum Gasteiger partial charge on any atom is -0.545 e. The predicted octanol–water partition coefficient (Wildman–Crippen LogP) is 5.63. The van der Waals surface area contributed by atoms with Crippen molar-refractivity contribution >= 4 is 37.5 Å². The Morgan fingerprint density at radius 3 is 1.53 bits per heavy atom. The molecule has 0 N–H and O–H groups in total. The quantitative estimate of drug-likeness (QED) is 0.179. The van der Waals surface area contributed by atoms with Crippen LogP contribution in [0.1, 0.15) is 13.3 Å². The minimum atomic E-state index is -2.24. The Balaban J connectivity index is 2.32. The van der Waals surface area contributed by atoms with E-state index in [2.05, 4.69) is 98.3 Å². The van der Waals surface area contributed by atoms with Crippen molar-refractivity contribution in [3.05, 3.63) is 103 Å². The van der Waals surface area contributed by atoms with Crippen molar-refractivity contribution in [2.24, 2.45) is 0 Å². The van der Waals surface area contributed by atoms with Gasteiger partial charge in [-0.05, 0) is 63.0 Å². The van der Waals surface area contributed by atoms with Gasteiger partial charge in [-0.25, -0.2) is 0 Å². The highest BCUT2D eigenvalue weighted by atomic mass is 31.2. The third-order valence-electron chi connectivity index (χ3n) is 4.89. The Morgan fingerprint density at radius 1 is 0.781 bits per heavy atom. The zero-order chi connectivity index (χ0) is 23.0. The second kappa shape index (κ2) is 10.8. The minimum absolute atomic E-state index is 0.131. The molecule has 32 heavy (non-hydrogen) atoms. The maximum absolute atomic E-state index is 12.5. The molecule has 0 aliphatic carbocycles. The summed E-state index contributed by atoms with van der Waals surface area (Å²) in [5.74, 6) is 2.68. The fraction of sp³-hybridized carbons (Fsp3) is 0.222. The molecule has 166 valence electrons. The zero-order valence-electron chi connectivity index (χ0n) is 19.3. The number of esters is 1. The smallest absolute Gasteiger partial charge is 0.313 e. The molecule has 0 unspecified atom stereocenters. The summed E-state index contributed by atoms with van der Waals surface area (Å²) in [7, 11) is -4.21. The highest BCUT2D eigenvalue weighted by Crippen LogP contribution is 2.58. The van der Waals surface area contributed by atoms with E-state index in [1.807, 2.05) is 25.1 Å². The summed E-state index contributed by atoms with van der Waals surface area (Å²) in [4.78, 5) is 12.5. The van der Waals surface area contributed by atoms with Crippen LogP contribution in [0.3, 0.4) is 0 Å².